The van der Waals surface area contributed by atoms with Crippen LogP contribution in [0.1, 0.15) is 38.4 Å². The van der Waals surface area contributed by atoms with Crippen molar-refractivity contribution in [3.05, 3.63) is 35.1 Å². The molecule has 5 heteroatoms. The molecule has 118 valence electrons. The molecule has 2 nitrogen and oxygen atoms in total. The Balaban J connectivity index is 2.11. The first kappa shape index (κ1) is 16.3. The third kappa shape index (κ3) is 4.20. The van der Waals surface area contributed by atoms with E-state index in [1.165, 1.54) is 0 Å². The van der Waals surface area contributed by atoms with Gasteiger partial charge in [-0.1, -0.05) is 13.8 Å². The largest absolute Gasteiger partial charge is 0.373 e. The molecule has 0 aliphatic carbocycles. The summed E-state index contributed by atoms with van der Waals surface area (Å²) in [6, 6.07) is 2.09. The average Bonchev–Trinajstić information content (AvgIpc) is 2.44. The van der Waals surface area contributed by atoms with Crippen LogP contribution in [-0.4, -0.2) is 19.7 Å². The highest BCUT2D eigenvalue weighted by atomic mass is 19.2. The summed E-state index contributed by atoms with van der Waals surface area (Å²) in [7, 11) is 0. The van der Waals surface area contributed by atoms with Crippen molar-refractivity contribution in [2.45, 2.75) is 32.8 Å². The summed E-state index contributed by atoms with van der Waals surface area (Å²) in [6.45, 7) is 6.41. The number of halogens is 3. The molecule has 0 saturated carbocycles. The van der Waals surface area contributed by atoms with E-state index in [4.69, 9.17) is 4.74 Å². The summed E-state index contributed by atoms with van der Waals surface area (Å²) in [5.74, 6) is -3.07. The van der Waals surface area contributed by atoms with Crippen LogP contribution in [0, 0.1) is 29.3 Å². The third-order valence-corrected chi connectivity index (χ3v) is 3.74. The molecular formula is C16H22F3NO. The van der Waals surface area contributed by atoms with Gasteiger partial charge < -0.3 is 10.1 Å². The molecule has 0 aromatic heterocycles. The number of hydrogen-bond acceptors (Lipinski definition) is 2. The van der Waals surface area contributed by atoms with Crippen molar-refractivity contribution in [2.24, 2.45) is 11.8 Å². The summed E-state index contributed by atoms with van der Waals surface area (Å²) in [6.07, 6.45) is 1.47. The van der Waals surface area contributed by atoms with Gasteiger partial charge in [0, 0.05) is 19.1 Å². The van der Waals surface area contributed by atoms with Gasteiger partial charge in [0.25, 0.3) is 0 Å². The Kier molecular flexibility index (Phi) is 5.65. The second kappa shape index (κ2) is 7.27. The summed E-state index contributed by atoms with van der Waals surface area (Å²) in [4.78, 5) is 0. The molecule has 0 bridgehead atoms. The molecule has 1 heterocycles. The van der Waals surface area contributed by atoms with Crippen LogP contribution < -0.4 is 5.32 Å². The molecule has 2 rings (SSSR count). The van der Waals surface area contributed by atoms with Gasteiger partial charge >= 0.3 is 0 Å². The van der Waals surface area contributed by atoms with Crippen LogP contribution in [0.5, 0.6) is 0 Å². The Bertz CT molecular complexity index is 456. The first-order valence-corrected chi connectivity index (χ1v) is 7.45. The monoisotopic (exact) mass is 301 g/mol. The van der Waals surface area contributed by atoms with Crippen LogP contribution >= 0.6 is 0 Å². The van der Waals surface area contributed by atoms with E-state index in [0.717, 1.165) is 38.1 Å². The molecule has 1 aliphatic heterocycles. The Morgan fingerprint density at radius 2 is 1.90 bits per heavy atom. The lowest BCUT2D eigenvalue weighted by Gasteiger charge is -2.32. The van der Waals surface area contributed by atoms with Crippen molar-refractivity contribution in [2.75, 3.05) is 19.7 Å². The number of rotatable bonds is 5. The smallest absolute Gasteiger partial charge is 0.194 e. The molecule has 0 radical (unpaired) electrons. The Morgan fingerprint density at radius 3 is 2.52 bits per heavy atom. The molecule has 21 heavy (non-hydrogen) atoms. The normalized spacial score (nSPS) is 22.8. The molecule has 1 N–H and O–H groups in total. The highest BCUT2D eigenvalue weighted by Crippen LogP contribution is 2.34. The van der Waals surface area contributed by atoms with Crippen LogP contribution in [0.3, 0.4) is 0 Å². The van der Waals surface area contributed by atoms with Crippen molar-refractivity contribution in [1.82, 2.24) is 5.32 Å². The lowest BCUT2D eigenvalue weighted by atomic mass is 9.89. The molecular weight excluding hydrogens is 279 g/mol. The lowest BCUT2D eigenvalue weighted by Crippen LogP contribution is -2.33. The van der Waals surface area contributed by atoms with Gasteiger partial charge in [0.05, 0.1) is 6.10 Å². The number of nitrogens with one attached hydrogen (secondary N) is 1. The molecule has 1 aromatic carbocycles. The van der Waals surface area contributed by atoms with Gasteiger partial charge in [-0.2, -0.15) is 0 Å². The van der Waals surface area contributed by atoms with E-state index in [9.17, 15) is 13.2 Å². The molecule has 1 fully saturated rings. The van der Waals surface area contributed by atoms with Crippen molar-refractivity contribution < 1.29 is 17.9 Å². The van der Waals surface area contributed by atoms with Crippen LogP contribution in [0.25, 0.3) is 0 Å². The fraction of sp³-hybridized carbons (Fsp3) is 0.625. The number of hydrogen-bond donors (Lipinski definition) is 1. The van der Waals surface area contributed by atoms with Crippen molar-refractivity contribution in [3.8, 4) is 0 Å². The van der Waals surface area contributed by atoms with Crippen LogP contribution in [0.2, 0.25) is 0 Å². The van der Waals surface area contributed by atoms with Gasteiger partial charge in [-0.05, 0) is 43.0 Å². The zero-order chi connectivity index (χ0) is 15.4. The van der Waals surface area contributed by atoms with Gasteiger partial charge in [0.2, 0.25) is 0 Å². The van der Waals surface area contributed by atoms with E-state index in [2.05, 4.69) is 19.2 Å². The maximum atomic E-state index is 13.4. The van der Waals surface area contributed by atoms with E-state index in [1.807, 2.05) is 0 Å². The second-order valence-electron chi connectivity index (χ2n) is 6.04. The van der Waals surface area contributed by atoms with E-state index in [0.29, 0.717) is 18.1 Å². The zero-order valence-corrected chi connectivity index (χ0v) is 12.5. The zero-order valence-electron chi connectivity index (χ0n) is 12.5. The Morgan fingerprint density at radius 1 is 1.24 bits per heavy atom. The molecule has 1 aromatic rings. The van der Waals surface area contributed by atoms with E-state index < -0.39 is 17.5 Å². The number of ether oxygens (including phenoxy) is 1. The van der Waals surface area contributed by atoms with Gasteiger partial charge in [0.1, 0.15) is 0 Å². The summed E-state index contributed by atoms with van der Waals surface area (Å²) >= 11 is 0. The highest BCUT2D eigenvalue weighted by molar-refractivity contribution is 5.22. The molecule has 2 atom stereocenters. The Hall–Kier alpha value is -1.07. The summed E-state index contributed by atoms with van der Waals surface area (Å²) < 4.78 is 45.5. The van der Waals surface area contributed by atoms with Gasteiger partial charge in [0.15, 0.2) is 17.5 Å². The number of benzene rings is 1. The summed E-state index contributed by atoms with van der Waals surface area (Å²) in [5, 5.41) is 3.35. The molecule has 1 saturated heterocycles. The van der Waals surface area contributed by atoms with Crippen LogP contribution in [0.4, 0.5) is 13.2 Å². The van der Waals surface area contributed by atoms with Crippen molar-refractivity contribution in [3.63, 3.8) is 0 Å². The second-order valence-corrected chi connectivity index (χ2v) is 6.04. The first-order valence-electron chi connectivity index (χ1n) is 7.45. The average molecular weight is 301 g/mol. The fourth-order valence-electron chi connectivity index (χ4n) is 2.72. The van der Waals surface area contributed by atoms with Crippen molar-refractivity contribution >= 4 is 0 Å². The predicted molar refractivity (Wildman–Crippen MR) is 75.4 cm³/mol. The minimum absolute atomic E-state index is 0.141. The van der Waals surface area contributed by atoms with E-state index in [-0.39, 0.29) is 12.0 Å². The standard InChI is InChI=1S/C16H22F3NO/c1-10(2)8-20-9-11-4-3-5-21-16(11)12-6-13(17)15(19)14(18)7-12/h6-7,10-11,16,20H,3-5,8-9H2,1-2H3. The lowest BCUT2D eigenvalue weighted by molar-refractivity contribution is -0.0282. The molecule has 2 unspecified atom stereocenters. The minimum Gasteiger partial charge on any atom is -0.373 e. The maximum Gasteiger partial charge on any atom is 0.194 e. The van der Waals surface area contributed by atoms with Gasteiger partial charge in [-0.3, -0.25) is 0 Å². The Labute approximate surface area is 123 Å². The van der Waals surface area contributed by atoms with Crippen LogP contribution in [0.15, 0.2) is 12.1 Å². The molecule has 1 aliphatic rings. The van der Waals surface area contributed by atoms with Crippen molar-refractivity contribution in [1.29, 1.82) is 0 Å². The van der Waals surface area contributed by atoms with E-state index >= 15 is 0 Å². The topological polar surface area (TPSA) is 21.3 Å². The first-order chi connectivity index (χ1) is 9.99. The molecule has 0 amide bonds. The summed E-state index contributed by atoms with van der Waals surface area (Å²) in [5.41, 5.74) is 0.377. The van der Waals surface area contributed by atoms with Gasteiger partial charge in [-0.25, -0.2) is 13.2 Å². The SMILES string of the molecule is CC(C)CNCC1CCCOC1c1cc(F)c(F)c(F)c1. The van der Waals surface area contributed by atoms with Gasteiger partial charge in [-0.15, -0.1) is 0 Å². The maximum absolute atomic E-state index is 13.4. The highest BCUT2D eigenvalue weighted by Gasteiger charge is 2.28. The predicted octanol–water partition coefficient (Wildman–Crippen LogP) is 3.82. The fourth-order valence-corrected chi connectivity index (χ4v) is 2.72. The van der Waals surface area contributed by atoms with Crippen LogP contribution in [-0.2, 0) is 4.74 Å². The van der Waals surface area contributed by atoms with E-state index in [1.54, 1.807) is 0 Å². The quantitative estimate of drug-likeness (QED) is 0.835. The molecule has 0 spiro atoms. The minimum atomic E-state index is -1.43. The third-order valence-electron chi connectivity index (χ3n) is 3.74.